The first-order valence-electron chi connectivity index (χ1n) is 3.92. The van der Waals surface area contributed by atoms with Crippen molar-refractivity contribution in [2.75, 3.05) is 20.6 Å². The minimum absolute atomic E-state index is 0. The quantitative estimate of drug-likeness (QED) is 0.410. The Morgan fingerprint density at radius 2 is 1.60 bits per heavy atom. The van der Waals surface area contributed by atoms with Crippen LogP contribution in [0.5, 0.6) is 0 Å². The van der Waals surface area contributed by atoms with Gasteiger partial charge in [0.25, 0.3) is 0 Å². The zero-order valence-corrected chi connectivity index (χ0v) is 6.98. The van der Waals surface area contributed by atoms with Gasteiger partial charge in [0, 0.05) is 0 Å². The molecule has 0 aliphatic carbocycles. The molecule has 0 aliphatic heterocycles. The summed E-state index contributed by atoms with van der Waals surface area (Å²) in [5.41, 5.74) is 0. The van der Waals surface area contributed by atoms with Gasteiger partial charge < -0.3 is 4.90 Å². The van der Waals surface area contributed by atoms with Gasteiger partial charge in [0.2, 0.25) is 0 Å². The van der Waals surface area contributed by atoms with Crippen molar-refractivity contribution >= 4 is 18.9 Å². The molecule has 0 N–H and O–H groups in total. The molecule has 1 nitrogen and oxygen atoms in total. The van der Waals surface area contributed by atoms with Gasteiger partial charge in [-0.15, -0.1) is 0 Å². The second-order valence-corrected chi connectivity index (χ2v) is 2.86. The maximum absolute atomic E-state index is 2.25. The van der Waals surface area contributed by atoms with Crippen LogP contribution in [0.2, 0.25) is 0 Å². The number of unbranched alkanes of at least 4 members (excludes halogenated alkanes) is 3. The van der Waals surface area contributed by atoms with Crippen LogP contribution in [-0.2, 0) is 0 Å². The number of rotatable bonds is 5. The van der Waals surface area contributed by atoms with E-state index in [2.05, 4.69) is 25.9 Å². The Morgan fingerprint density at radius 3 is 2.00 bits per heavy atom. The van der Waals surface area contributed by atoms with Crippen LogP contribution >= 0.6 is 0 Å². The molecule has 0 saturated carbocycles. The first-order chi connectivity index (χ1) is 4.27. The zero-order valence-electron chi connectivity index (χ0n) is 6.98. The molecule has 0 radical (unpaired) electrons. The fourth-order valence-electron chi connectivity index (χ4n) is 0.855. The van der Waals surface area contributed by atoms with Crippen LogP contribution in [0.25, 0.3) is 0 Å². The Hall–Kier alpha value is 0.557. The van der Waals surface area contributed by atoms with Crippen molar-refractivity contribution in [1.82, 2.24) is 4.90 Å². The predicted octanol–water partition coefficient (Wildman–Crippen LogP) is 1.48. The average molecular weight is 137 g/mol. The molecular weight excluding hydrogens is 117 g/mol. The van der Waals surface area contributed by atoms with Crippen molar-refractivity contribution in [3.8, 4) is 0 Å². The Morgan fingerprint density at radius 1 is 1.00 bits per heavy atom. The molecule has 0 aliphatic rings. The van der Waals surface area contributed by atoms with E-state index >= 15 is 0 Å². The van der Waals surface area contributed by atoms with Crippen LogP contribution < -0.4 is 0 Å². The van der Waals surface area contributed by atoms with Crippen molar-refractivity contribution in [2.24, 2.45) is 0 Å². The first kappa shape index (κ1) is 13.2. The maximum atomic E-state index is 2.25. The van der Waals surface area contributed by atoms with E-state index in [4.69, 9.17) is 0 Å². The van der Waals surface area contributed by atoms with E-state index in [1.807, 2.05) is 0 Å². The van der Waals surface area contributed by atoms with Crippen molar-refractivity contribution in [1.29, 1.82) is 0 Å². The summed E-state index contributed by atoms with van der Waals surface area (Å²) in [6, 6.07) is 0. The Kier molecular flexibility index (Phi) is 12.6. The van der Waals surface area contributed by atoms with Crippen LogP contribution in [0.15, 0.2) is 0 Å². The van der Waals surface area contributed by atoms with E-state index in [1.165, 1.54) is 32.2 Å². The number of nitrogens with zero attached hydrogens (tertiary/aromatic N) is 1. The molecule has 0 aromatic rings. The topological polar surface area (TPSA) is 3.24 Å². The fourth-order valence-corrected chi connectivity index (χ4v) is 0.855. The van der Waals surface area contributed by atoms with Gasteiger partial charge in [-0.3, -0.25) is 0 Å². The molecule has 58 valence electrons. The van der Waals surface area contributed by atoms with E-state index in [0.29, 0.717) is 0 Å². The summed E-state index contributed by atoms with van der Waals surface area (Å²) in [6.07, 6.45) is 5.50. The third-order valence-electron chi connectivity index (χ3n) is 1.46. The van der Waals surface area contributed by atoms with Gasteiger partial charge in [-0.25, -0.2) is 0 Å². The first-order valence-corrected chi connectivity index (χ1v) is 3.92. The second-order valence-electron chi connectivity index (χ2n) is 2.86. The van der Waals surface area contributed by atoms with Gasteiger partial charge in [-0.05, 0) is 27.1 Å². The van der Waals surface area contributed by atoms with Crippen LogP contribution in [-0.4, -0.2) is 44.4 Å². The molecule has 0 amide bonds. The van der Waals surface area contributed by atoms with Gasteiger partial charge in [0.15, 0.2) is 0 Å². The summed E-state index contributed by atoms with van der Waals surface area (Å²) in [6.45, 7) is 3.50. The normalized spacial score (nSPS) is 9.60. The van der Waals surface area contributed by atoms with Crippen molar-refractivity contribution < 1.29 is 0 Å². The molecule has 0 atom stereocenters. The van der Waals surface area contributed by atoms with Gasteiger partial charge >= 0.3 is 18.9 Å². The van der Waals surface area contributed by atoms with Crippen LogP contribution in [0.3, 0.4) is 0 Å². The van der Waals surface area contributed by atoms with E-state index in [0.717, 1.165) is 0 Å². The summed E-state index contributed by atoms with van der Waals surface area (Å²) in [4.78, 5) is 2.25. The summed E-state index contributed by atoms with van der Waals surface area (Å²) in [5, 5.41) is 0. The molecule has 0 fully saturated rings. The number of hydrogen-bond donors (Lipinski definition) is 0. The Balaban J connectivity index is 0. The number of hydrogen-bond acceptors (Lipinski definition) is 1. The third kappa shape index (κ3) is 11.4. The van der Waals surface area contributed by atoms with Gasteiger partial charge in [0.1, 0.15) is 0 Å². The SMILES string of the molecule is CCCCCCN(C)C.[LiH]. The van der Waals surface area contributed by atoms with Crippen molar-refractivity contribution in [3.63, 3.8) is 0 Å². The molecule has 10 heavy (non-hydrogen) atoms. The van der Waals surface area contributed by atoms with Crippen LogP contribution in [0, 0.1) is 0 Å². The molecule has 0 spiro atoms. The van der Waals surface area contributed by atoms with Crippen LogP contribution in [0.1, 0.15) is 32.6 Å². The van der Waals surface area contributed by atoms with Gasteiger partial charge in [-0.1, -0.05) is 26.2 Å². The summed E-state index contributed by atoms with van der Waals surface area (Å²) >= 11 is 0. The molecular formula is C8H20LiN. The van der Waals surface area contributed by atoms with Crippen molar-refractivity contribution in [2.45, 2.75) is 32.6 Å². The third-order valence-corrected chi connectivity index (χ3v) is 1.46. The molecule has 0 heterocycles. The standard InChI is InChI=1S/C8H19N.Li.H/c1-4-5-6-7-8-9(2)3;;/h4-8H2,1-3H3;;. The van der Waals surface area contributed by atoms with E-state index in [-0.39, 0.29) is 18.9 Å². The fraction of sp³-hybridized carbons (Fsp3) is 1.00. The second kappa shape index (κ2) is 9.56. The summed E-state index contributed by atoms with van der Waals surface area (Å²) in [7, 11) is 4.26. The summed E-state index contributed by atoms with van der Waals surface area (Å²) < 4.78 is 0. The monoisotopic (exact) mass is 137 g/mol. The van der Waals surface area contributed by atoms with E-state index < -0.39 is 0 Å². The van der Waals surface area contributed by atoms with Crippen LogP contribution in [0.4, 0.5) is 0 Å². The zero-order chi connectivity index (χ0) is 7.11. The van der Waals surface area contributed by atoms with E-state index in [9.17, 15) is 0 Å². The molecule has 0 rings (SSSR count). The van der Waals surface area contributed by atoms with Gasteiger partial charge in [-0.2, -0.15) is 0 Å². The molecule has 0 aromatic carbocycles. The van der Waals surface area contributed by atoms with Gasteiger partial charge in [0.05, 0.1) is 0 Å². The summed E-state index contributed by atoms with van der Waals surface area (Å²) in [5.74, 6) is 0. The molecule has 0 saturated heterocycles. The van der Waals surface area contributed by atoms with E-state index in [1.54, 1.807) is 0 Å². The molecule has 0 aromatic heterocycles. The predicted molar refractivity (Wildman–Crippen MR) is 49.8 cm³/mol. The minimum atomic E-state index is 0. The Labute approximate surface area is 77.4 Å². The van der Waals surface area contributed by atoms with Crippen molar-refractivity contribution in [3.05, 3.63) is 0 Å². The average Bonchev–Trinajstić information content (AvgIpc) is 1.80. The molecule has 0 bridgehead atoms. The molecule has 0 unspecified atom stereocenters. The Bertz CT molecular complexity index is 55.2. The molecule has 2 heteroatoms.